The molecule has 0 aliphatic carbocycles. The van der Waals surface area contributed by atoms with E-state index in [2.05, 4.69) is 10.6 Å². The number of nitrogens with zero attached hydrogens (tertiary/aromatic N) is 1. The Bertz CT molecular complexity index is 645. The minimum absolute atomic E-state index is 0.0676. The third-order valence-corrected chi connectivity index (χ3v) is 4.49. The second-order valence-corrected chi connectivity index (χ2v) is 6.11. The summed E-state index contributed by atoms with van der Waals surface area (Å²) in [7, 11) is 3.12. The molecule has 0 spiro atoms. The predicted molar refractivity (Wildman–Crippen MR) is 89.6 cm³/mol. The van der Waals surface area contributed by atoms with Crippen LogP contribution in [0.3, 0.4) is 0 Å². The first-order valence-electron chi connectivity index (χ1n) is 8.27. The van der Waals surface area contributed by atoms with Gasteiger partial charge in [0.2, 0.25) is 5.91 Å². The van der Waals surface area contributed by atoms with Gasteiger partial charge in [-0.3, -0.25) is 9.69 Å². The first kappa shape index (κ1) is 17.3. The molecule has 3 rings (SSSR count). The van der Waals surface area contributed by atoms with Gasteiger partial charge in [-0.05, 0) is 30.7 Å². The minimum Gasteiger partial charge on any atom is -0.493 e. The van der Waals surface area contributed by atoms with Crippen molar-refractivity contribution in [2.24, 2.45) is 0 Å². The van der Waals surface area contributed by atoms with E-state index in [1.165, 1.54) is 4.90 Å². The summed E-state index contributed by atoms with van der Waals surface area (Å²) in [5.41, 5.74) is 0.830. The van der Waals surface area contributed by atoms with Crippen molar-refractivity contribution in [1.82, 2.24) is 15.5 Å². The molecular weight excluding hydrogens is 326 g/mol. The molecular formula is C17H23N3O5. The maximum absolute atomic E-state index is 12.5. The van der Waals surface area contributed by atoms with Crippen LogP contribution in [0.15, 0.2) is 18.2 Å². The van der Waals surface area contributed by atoms with Crippen molar-refractivity contribution in [2.75, 3.05) is 33.9 Å². The molecule has 0 unspecified atom stereocenters. The SMILES string of the molecule is COc1ccc(CN2C(=O)OC[C@H]2C(=O)N[C@@H]2CCNC2)cc1OC. The topological polar surface area (TPSA) is 89.1 Å². The number of nitrogens with one attached hydrogen (secondary N) is 2. The Labute approximate surface area is 146 Å². The highest BCUT2D eigenvalue weighted by atomic mass is 16.6. The summed E-state index contributed by atoms with van der Waals surface area (Å²) in [6.07, 6.45) is 0.405. The van der Waals surface area contributed by atoms with Crippen LogP contribution < -0.4 is 20.1 Å². The summed E-state index contributed by atoms with van der Waals surface area (Å²) in [4.78, 5) is 26.0. The van der Waals surface area contributed by atoms with E-state index < -0.39 is 12.1 Å². The number of cyclic esters (lactones) is 1. The average molecular weight is 349 g/mol. The predicted octanol–water partition coefficient (Wildman–Crippen LogP) is 0.503. The fraction of sp³-hybridized carbons (Fsp3) is 0.529. The zero-order valence-corrected chi connectivity index (χ0v) is 14.4. The molecule has 2 heterocycles. The second kappa shape index (κ2) is 7.60. The van der Waals surface area contributed by atoms with Gasteiger partial charge in [0.25, 0.3) is 0 Å². The van der Waals surface area contributed by atoms with Crippen LogP contribution in [-0.4, -0.2) is 62.9 Å². The van der Waals surface area contributed by atoms with Crippen LogP contribution in [0, 0.1) is 0 Å². The van der Waals surface area contributed by atoms with Gasteiger partial charge >= 0.3 is 6.09 Å². The van der Waals surface area contributed by atoms with E-state index >= 15 is 0 Å². The third-order valence-electron chi connectivity index (χ3n) is 4.49. The van der Waals surface area contributed by atoms with Crippen LogP contribution in [0.1, 0.15) is 12.0 Å². The molecule has 0 saturated carbocycles. The molecule has 1 aromatic carbocycles. The zero-order chi connectivity index (χ0) is 17.8. The molecule has 0 bridgehead atoms. The van der Waals surface area contributed by atoms with Gasteiger partial charge in [0, 0.05) is 12.6 Å². The van der Waals surface area contributed by atoms with Gasteiger partial charge in [0.05, 0.1) is 20.8 Å². The number of carbonyl (C=O) groups excluding carboxylic acids is 2. The number of amides is 2. The second-order valence-electron chi connectivity index (χ2n) is 6.11. The molecule has 2 amide bonds. The Hall–Kier alpha value is -2.48. The van der Waals surface area contributed by atoms with Gasteiger partial charge in [0.1, 0.15) is 12.6 Å². The molecule has 1 aromatic rings. The van der Waals surface area contributed by atoms with Crippen molar-refractivity contribution < 1.29 is 23.8 Å². The standard InChI is InChI=1S/C17H23N3O5/c1-23-14-4-3-11(7-15(14)24-2)9-20-13(10-25-17(20)22)16(21)19-12-5-6-18-8-12/h3-4,7,12-13,18H,5-6,8-10H2,1-2H3,(H,19,21)/t12-,13+/m1/s1. The molecule has 2 aliphatic rings. The van der Waals surface area contributed by atoms with Crippen LogP contribution in [0.25, 0.3) is 0 Å². The normalized spacial score (nSPS) is 22.6. The molecule has 0 radical (unpaired) electrons. The van der Waals surface area contributed by atoms with Crippen LogP contribution in [0.4, 0.5) is 4.79 Å². The number of methoxy groups -OCH3 is 2. The first-order chi connectivity index (χ1) is 12.1. The molecule has 2 atom stereocenters. The first-order valence-corrected chi connectivity index (χ1v) is 8.27. The van der Waals surface area contributed by atoms with E-state index in [0.29, 0.717) is 11.5 Å². The number of ether oxygens (including phenoxy) is 3. The van der Waals surface area contributed by atoms with Gasteiger partial charge in [-0.1, -0.05) is 6.07 Å². The number of carbonyl (C=O) groups is 2. The van der Waals surface area contributed by atoms with Crippen LogP contribution >= 0.6 is 0 Å². The average Bonchev–Trinajstić information content (AvgIpc) is 3.25. The lowest BCUT2D eigenvalue weighted by atomic mass is 10.1. The lowest BCUT2D eigenvalue weighted by Gasteiger charge is -2.23. The van der Waals surface area contributed by atoms with E-state index in [4.69, 9.17) is 14.2 Å². The Kier molecular flexibility index (Phi) is 5.28. The molecule has 2 aliphatic heterocycles. The molecule has 8 heteroatoms. The Balaban J connectivity index is 1.70. The number of rotatable bonds is 6. The lowest BCUT2D eigenvalue weighted by Crippen LogP contribution is -2.49. The van der Waals surface area contributed by atoms with Gasteiger partial charge in [-0.15, -0.1) is 0 Å². The Morgan fingerprint density at radius 1 is 1.36 bits per heavy atom. The van der Waals surface area contributed by atoms with E-state index in [0.717, 1.165) is 25.1 Å². The zero-order valence-electron chi connectivity index (χ0n) is 14.4. The summed E-state index contributed by atoms with van der Waals surface area (Å²) in [6, 6.07) is 4.88. The van der Waals surface area contributed by atoms with E-state index in [-0.39, 0.29) is 25.1 Å². The van der Waals surface area contributed by atoms with Gasteiger partial charge in [-0.25, -0.2) is 4.79 Å². The quantitative estimate of drug-likeness (QED) is 0.778. The van der Waals surface area contributed by atoms with Crippen molar-refractivity contribution in [3.63, 3.8) is 0 Å². The van der Waals surface area contributed by atoms with Gasteiger partial charge < -0.3 is 24.8 Å². The Morgan fingerprint density at radius 3 is 2.84 bits per heavy atom. The summed E-state index contributed by atoms with van der Waals surface area (Å²) in [5.74, 6) is 1.00. The molecule has 25 heavy (non-hydrogen) atoms. The van der Waals surface area contributed by atoms with Crippen molar-refractivity contribution in [3.8, 4) is 11.5 Å². The van der Waals surface area contributed by atoms with Crippen molar-refractivity contribution >= 4 is 12.0 Å². The summed E-state index contributed by atoms with van der Waals surface area (Å²) < 4.78 is 15.6. The summed E-state index contributed by atoms with van der Waals surface area (Å²) >= 11 is 0. The largest absolute Gasteiger partial charge is 0.493 e. The number of benzene rings is 1. The maximum Gasteiger partial charge on any atom is 0.410 e. The molecule has 2 saturated heterocycles. The van der Waals surface area contributed by atoms with Crippen LogP contribution in [0.5, 0.6) is 11.5 Å². The molecule has 0 aromatic heterocycles. The molecule has 8 nitrogen and oxygen atoms in total. The summed E-state index contributed by atoms with van der Waals surface area (Å²) in [5, 5.41) is 6.18. The monoisotopic (exact) mass is 349 g/mol. The lowest BCUT2D eigenvalue weighted by molar-refractivity contribution is -0.125. The number of hydrogen-bond acceptors (Lipinski definition) is 6. The van der Waals surface area contributed by atoms with E-state index in [9.17, 15) is 9.59 Å². The maximum atomic E-state index is 12.5. The smallest absolute Gasteiger partial charge is 0.410 e. The third kappa shape index (κ3) is 3.79. The van der Waals surface area contributed by atoms with Crippen LogP contribution in [0.2, 0.25) is 0 Å². The van der Waals surface area contributed by atoms with Crippen LogP contribution in [-0.2, 0) is 16.1 Å². The fourth-order valence-electron chi connectivity index (χ4n) is 3.09. The van der Waals surface area contributed by atoms with Gasteiger partial charge in [0.15, 0.2) is 11.5 Å². The number of hydrogen-bond donors (Lipinski definition) is 2. The van der Waals surface area contributed by atoms with E-state index in [1.807, 2.05) is 6.07 Å². The van der Waals surface area contributed by atoms with Crippen molar-refractivity contribution in [1.29, 1.82) is 0 Å². The fourth-order valence-corrected chi connectivity index (χ4v) is 3.09. The molecule has 2 fully saturated rings. The van der Waals surface area contributed by atoms with Crippen molar-refractivity contribution in [3.05, 3.63) is 23.8 Å². The molecule has 2 N–H and O–H groups in total. The molecule has 136 valence electrons. The van der Waals surface area contributed by atoms with Gasteiger partial charge in [-0.2, -0.15) is 0 Å². The van der Waals surface area contributed by atoms with E-state index in [1.54, 1.807) is 26.4 Å². The van der Waals surface area contributed by atoms with Crippen molar-refractivity contribution in [2.45, 2.75) is 25.0 Å². The Morgan fingerprint density at radius 2 is 2.16 bits per heavy atom. The minimum atomic E-state index is -0.624. The highest BCUT2D eigenvalue weighted by Crippen LogP contribution is 2.29. The highest BCUT2D eigenvalue weighted by Gasteiger charge is 2.38. The highest BCUT2D eigenvalue weighted by molar-refractivity contribution is 5.88. The summed E-state index contributed by atoms with van der Waals surface area (Å²) in [6.45, 7) is 1.97.